The average molecular weight is 455 g/mol. The molecule has 0 unspecified atom stereocenters. The van der Waals surface area contributed by atoms with E-state index in [1.807, 2.05) is 4.90 Å². The van der Waals surface area contributed by atoms with Gasteiger partial charge in [-0.1, -0.05) is 66.2 Å². The van der Waals surface area contributed by atoms with Crippen molar-refractivity contribution in [1.82, 2.24) is 9.47 Å². The van der Waals surface area contributed by atoms with Gasteiger partial charge in [0.15, 0.2) is 0 Å². The van der Waals surface area contributed by atoms with E-state index in [-0.39, 0.29) is 5.91 Å². The number of hydrogen-bond acceptors (Lipinski definition) is 1. The molecule has 0 fully saturated rings. The van der Waals surface area contributed by atoms with E-state index in [2.05, 4.69) is 89.1 Å². The van der Waals surface area contributed by atoms with Gasteiger partial charge in [-0.05, 0) is 48.9 Å². The number of carbonyl (C=O) groups is 1. The van der Waals surface area contributed by atoms with Gasteiger partial charge in [-0.15, -0.1) is 0 Å². The second-order valence-corrected chi connectivity index (χ2v) is 8.47. The molecule has 0 aliphatic rings. The predicted molar refractivity (Wildman–Crippen MR) is 125 cm³/mol. The molecule has 154 valence electrons. The Kier molecular flexibility index (Phi) is 7.93. The van der Waals surface area contributed by atoms with Crippen LogP contribution in [0.3, 0.4) is 0 Å². The molecule has 2 aromatic carbocycles. The van der Waals surface area contributed by atoms with Crippen molar-refractivity contribution in [2.24, 2.45) is 0 Å². The van der Waals surface area contributed by atoms with E-state index in [0.717, 1.165) is 50.9 Å². The normalized spacial score (nSPS) is 11.1. The first kappa shape index (κ1) is 21.6. The van der Waals surface area contributed by atoms with E-state index in [1.165, 1.54) is 20.9 Å². The number of rotatable bonds is 10. The lowest BCUT2D eigenvalue weighted by molar-refractivity contribution is -0.130. The summed E-state index contributed by atoms with van der Waals surface area (Å²) in [5.41, 5.74) is 3.71. The number of para-hydroxylation sites is 1. The minimum absolute atomic E-state index is 0.241. The van der Waals surface area contributed by atoms with Gasteiger partial charge >= 0.3 is 0 Å². The van der Waals surface area contributed by atoms with Crippen molar-refractivity contribution in [1.29, 1.82) is 0 Å². The number of halogens is 1. The fourth-order valence-corrected chi connectivity index (χ4v) is 4.45. The molecule has 3 nitrogen and oxygen atoms in total. The Morgan fingerprint density at radius 3 is 2.38 bits per heavy atom. The van der Waals surface area contributed by atoms with Crippen LogP contribution in [-0.4, -0.2) is 28.5 Å². The molecule has 4 heteroatoms. The molecule has 3 rings (SSSR count). The zero-order chi connectivity index (χ0) is 20.6. The van der Waals surface area contributed by atoms with E-state index < -0.39 is 0 Å². The van der Waals surface area contributed by atoms with Crippen LogP contribution in [-0.2, 0) is 24.2 Å². The summed E-state index contributed by atoms with van der Waals surface area (Å²) in [6, 6.07) is 16.9. The van der Waals surface area contributed by atoms with Crippen LogP contribution in [0.2, 0.25) is 0 Å². The number of aromatic nitrogens is 1. The molecule has 0 aliphatic carbocycles. The molecule has 0 spiro atoms. The third kappa shape index (κ3) is 5.51. The Hall–Kier alpha value is -2.07. The summed E-state index contributed by atoms with van der Waals surface area (Å²) in [5, 5.41) is 1.20. The minimum atomic E-state index is 0.241. The van der Waals surface area contributed by atoms with Gasteiger partial charge in [-0.3, -0.25) is 4.79 Å². The molecule has 0 saturated carbocycles. The summed E-state index contributed by atoms with van der Waals surface area (Å²) in [6.07, 6.45) is 6.77. The lowest BCUT2D eigenvalue weighted by Crippen LogP contribution is -2.33. The van der Waals surface area contributed by atoms with Crippen LogP contribution in [0.1, 0.15) is 44.2 Å². The summed E-state index contributed by atoms with van der Waals surface area (Å²) >= 11 is 3.64. The molecule has 3 aromatic rings. The summed E-state index contributed by atoms with van der Waals surface area (Å²) in [7, 11) is 0. The van der Waals surface area contributed by atoms with Crippen LogP contribution >= 0.6 is 15.9 Å². The topological polar surface area (TPSA) is 25.2 Å². The van der Waals surface area contributed by atoms with Crippen LogP contribution in [0.25, 0.3) is 10.9 Å². The van der Waals surface area contributed by atoms with Gasteiger partial charge in [-0.25, -0.2) is 0 Å². The Morgan fingerprint density at radius 1 is 0.966 bits per heavy atom. The molecule has 29 heavy (non-hydrogen) atoms. The number of benzene rings is 2. The highest BCUT2D eigenvalue weighted by Crippen LogP contribution is 2.24. The Balaban J connectivity index is 1.74. The van der Waals surface area contributed by atoms with Crippen LogP contribution in [0.5, 0.6) is 0 Å². The van der Waals surface area contributed by atoms with Crippen molar-refractivity contribution in [3.8, 4) is 0 Å². The molecule has 0 atom stereocenters. The van der Waals surface area contributed by atoms with Crippen LogP contribution in [0.15, 0.2) is 59.2 Å². The zero-order valence-corrected chi connectivity index (χ0v) is 19.1. The minimum Gasteiger partial charge on any atom is -0.347 e. The lowest BCUT2D eigenvalue weighted by atomic mass is 10.1. The van der Waals surface area contributed by atoms with E-state index >= 15 is 0 Å². The molecular weight excluding hydrogens is 424 g/mol. The molecule has 0 bridgehead atoms. The van der Waals surface area contributed by atoms with E-state index in [9.17, 15) is 4.79 Å². The largest absolute Gasteiger partial charge is 0.347 e. The first-order chi connectivity index (χ1) is 14.1. The summed E-state index contributed by atoms with van der Waals surface area (Å²) < 4.78 is 3.49. The first-order valence-electron chi connectivity index (χ1n) is 10.7. The summed E-state index contributed by atoms with van der Waals surface area (Å²) in [5.74, 6) is 0.241. The number of hydrogen-bond donors (Lipinski definition) is 0. The maximum atomic E-state index is 12.9. The number of nitrogens with zero attached hydrogens (tertiary/aromatic N) is 2. The third-order valence-electron chi connectivity index (χ3n) is 5.36. The predicted octanol–water partition coefficient (Wildman–Crippen LogP) is 6.23. The number of amides is 1. The summed E-state index contributed by atoms with van der Waals surface area (Å²) in [6.45, 7) is 6.90. The van der Waals surface area contributed by atoms with Crippen molar-refractivity contribution >= 4 is 32.7 Å². The fraction of sp³-hybridized carbons (Fsp3) is 0.400. The third-order valence-corrected chi connectivity index (χ3v) is 6.13. The molecule has 1 heterocycles. The number of fused-ring (bicyclic) bond motifs is 1. The van der Waals surface area contributed by atoms with Gasteiger partial charge in [0.2, 0.25) is 5.91 Å². The second-order valence-electron chi connectivity index (χ2n) is 7.62. The van der Waals surface area contributed by atoms with Gasteiger partial charge in [-0.2, -0.15) is 0 Å². The Labute approximate surface area is 182 Å². The van der Waals surface area contributed by atoms with E-state index in [1.54, 1.807) is 0 Å². The van der Waals surface area contributed by atoms with Gasteiger partial charge < -0.3 is 9.47 Å². The highest BCUT2D eigenvalue weighted by atomic mass is 79.9. The standard InChI is InChI=1S/C25H31BrN2O/c1-3-15-27(16-4-2)25(29)18-21-19-28(24-14-8-6-12-22(21)24)17-9-11-20-10-5-7-13-23(20)26/h5-8,10,12-14,19H,3-4,9,11,15-18H2,1-2H3. The van der Waals surface area contributed by atoms with Gasteiger partial charge in [0.1, 0.15) is 0 Å². The van der Waals surface area contributed by atoms with Crippen molar-refractivity contribution in [2.75, 3.05) is 13.1 Å². The van der Waals surface area contributed by atoms with Crippen LogP contribution < -0.4 is 0 Å². The molecule has 0 N–H and O–H groups in total. The Bertz CT molecular complexity index is 941. The fourth-order valence-electron chi connectivity index (χ4n) is 3.97. The van der Waals surface area contributed by atoms with Crippen LogP contribution in [0, 0.1) is 0 Å². The zero-order valence-electron chi connectivity index (χ0n) is 17.5. The monoisotopic (exact) mass is 454 g/mol. The smallest absolute Gasteiger partial charge is 0.227 e. The van der Waals surface area contributed by atoms with E-state index in [0.29, 0.717) is 6.42 Å². The first-order valence-corrected chi connectivity index (χ1v) is 11.5. The molecule has 1 amide bonds. The van der Waals surface area contributed by atoms with Crippen molar-refractivity contribution in [2.45, 2.75) is 52.5 Å². The van der Waals surface area contributed by atoms with Crippen molar-refractivity contribution in [3.63, 3.8) is 0 Å². The van der Waals surface area contributed by atoms with Gasteiger partial charge in [0.05, 0.1) is 6.42 Å². The maximum Gasteiger partial charge on any atom is 0.227 e. The molecule has 1 aromatic heterocycles. The highest BCUT2D eigenvalue weighted by Gasteiger charge is 2.16. The van der Waals surface area contributed by atoms with Crippen LogP contribution in [0.4, 0.5) is 0 Å². The van der Waals surface area contributed by atoms with E-state index in [4.69, 9.17) is 0 Å². The number of aryl methyl sites for hydroxylation is 2. The number of carbonyl (C=O) groups excluding carboxylic acids is 1. The molecule has 0 saturated heterocycles. The van der Waals surface area contributed by atoms with Crippen molar-refractivity contribution < 1.29 is 4.79 Å². The summed E-state index contributed by atoms with van der Waals surface area (Å²) in [4.78, 5) is 14.9. The Morgan fingerprint density at radius 2 is 1.66 bits per heavy atom. The highest BCUT2D eigenvalue weighted by molar-refractivity contribution is 9.10. The molecular formula is C25H31BrN2O. The second kappa shape index (κ2) is 10.6. The average Bonchev–Trinajstić information content (AvgIpc) is 3.07. The maximum absolute atomic E-state index is 12.9. The SMILES string of the molecule is CCCN(CCC)C(=O)Cc1cn(CCCc2ccccc2Br)c2ccccc12. The quantitative estimate of drug-likeness (QED) is 0.356. The van der Waals surface area contributed by atoms with Gasteiger partial charge in [0.25, 0.3) is 0 Å². The molecule has 0 radical (unpaired) electrons. The lowest BCUT2D eigenvalue weighted by Gasteiger charge is -2.21. The van der Waals surface area contributed by atoms with Crippen molar-refractivity contribution in [3.05, 3.63) is 70.3 Å². The molecule has 0 aliphatic heterocycles. The van der Waals surface area contributed by atoms with Gasteiger partial charge in [0, 0.05) is 41.2 Å².